The summed E-state index contributed by atoms with van der Waals surface area (Å²) in [5, 5.41) is 44.1. The molecule has 0 aromatic heterocycles. The van der Waals surface area contributed by atoms with Crippen molar-refractivity contribution >= 4 is 5.97 Å². The van der Waals surface area contributed by atoms with Crippen molar-refractivity contribution in [1.82, 2.24) is 0 Å². The summed E-state index contributed by atoms with van der Waals surface area (Å²) >= 11 is 0. The minimum absolute atomic E-state index is 0.636. The van der Waals surface area contributed by atoms with Crippen LogP contribution in [-0.2, 0) is 0 Å². The molecule has 70 valence electrons. The Morgan fingerprint density at radius 1 is 1.00 bits per heavy atom. The Morgan fingerprint density at radius 2 is 1.38 bits per heavy atom. The third kappa shape index (κ3) is 1.28. The van der Waals surface area contributed by atoms with E-state index in [0.29, 0.717) is 6.07 Å². The van der Waals surface area contributed by atoms with E-state index in [2.05, 4.69) is 0 Å². The molecule has 0 saturated carbocycles. The molecule has 0 aliphatic carbocycles. The summed E-state index contributed by atoms with van der Waals surface area (Å²) in [6.45, 7) is 0. The van der Waals surface area contributed by atoms with Crippen LogP contribution in [0.5, 0.6) is 23.0 Å². The van der Waals surface area contributed by atoms with Gasteiger partial charge in [0.1, 0.15) is 0 Å². The van der Waals surface area contributed by atoms with Gasteiger partial charge in [0.15, 0.2) is 28.6 Å². The Labute approximate surface area is 71.9 Å². The molecule has 13 heavy (non-hydrogen) atoms. The smallest absolute Gasteiger partial charge is 0.343 e. The molecule has 0 amide bonds. The van der Waals surface area contributed by atoms with Crippen molar-refractivity contribution in [2.75, 3.05) is 0 Å². The molecule has 0 radical (unpaired) electrons. The van der Waals surface area contributed by atoms with Crippen molar-refractivity contribution in [1.29, 1.82) is 0 Å². The van der Waals surface area contributed by atoms with Gasteiger partial charge in [0.2, 0.25) is 0 Å². The van der Waals surface area contributed by atoms with Crippen molar-refractivity contribution in [2.24, 2.45) is 0 Å². The maximum atomic E-state index is 10.4. The van der Waals surface area contributed by atoms with Gasteiger partial charge in [-0.05, 0) is 0 Å². The van der Waals surface area contributed by atoms with E-state index in [1.54, 1.807) is 0 Å². The molecule has 0 unspecified atom stereocenters. The number of benzene rings is 1. The van der Waals surface area contributed by atoms with Crippen LogP contribution in [0.2, 0.25) is 0 Å². The number of aromatic hydroxyl groups is 4. The number of hydrogen-bond acceptors (Lipinski definition) is 5. The largest absolute Gasteiger partial charge is 0.504 e. The third-order valence-corrected chi connectivity index (χ3v) is 1.45. The second-order valence-corrected chi connectivity index (χ2v) is 2.29. The van der Waals surface area contributed by atoms with E-state index >= 15 is 0 Å². The van der Waals surface area contributed by atoms with Gasteiger partial charge >= 0.3 is 5.97 Å². The number of carboxylic acids is 1. The first kappa shape index (κ1) is 8.98. The lowest BCUT2D eigenvalue weighted by molar-refractivity contribution is 0.0688. The molecule has 0 bridgehead atoms. The van der Waals surface area contributed by atoms with Crippen molar-refractivity contribution in [3.05, 3.63) is 11.6 Å². The van der Waals surface area contributed by atoms with E-state index in [-0.39, 0.29) is 0 Å². The molecule has 0 fully saturated rings. The van der Waals surface area contributed by atoms with Crippen molar-refractivity contribution in [3.63, 3.8) is 0 Å². The van der Waals surface area contributed by atoms with Gasteiger partial charge in [-0.15, -0.1) is 0 Å². The summed E-state index contributed by atoms with van der Waals surface area (Å²) in [6, 6.07) is 0.636. The number of carbonyl (C=O) groups is 1. The molecule has 5 N–H and O–H groups in total. The summed E-state index contributed by atoms with van der Waals surface area (Å²) in [5.74, 6) is -5.24. The highest BCUT2D eigenvalue weighted by Gasteiger charge is 2.22. The summed E-state index contributed by atoms with van der Waals surface area (Å²) in [4.78, 5) is 10.4. The lowest BCUT2D eigenvalue weighted by Gasteiger charge is -2.05. The lowest BCUT2D eigenvalue weighted by Crippen LogP contribution is -1.97. The van der Waals surface area contributed by atoms with Gasteiger partial charge in [-0.3, -0.25) is 0 Å². The van der Waals surface area contributed by atoms with Gasteiger partial charge in [0, 0.05) is 6.07 Å². The van der Waals surface area contributed by atoms with Gasteiger partial charge in [-0.2, -0.15) is 0 Å². The Balaban J connectivity index is 3.56. The third-order valence-electron chi connectivity index (χ3n) is 1.45. The lowest BCUT2D eigenvalue weighted by atomic mass is 10.1. The summed E-state index contributed by atoms with van der Waals surface area (Å²) in [7, 11) is 0. The number of phenolic OH excluding ortho intramolecular Hbond substituents is 2. The monoisotopic (exact) mass is 186 g/mol. The van der Waals surface area contributed by atoms with Crippen LogP contribution in [0.3, 0.4) is 0 Å². The SMILES string of the molecule is O=C(O)c1c(O)c(O)cc(O)c1O. The maximum absolute atomic E-state index is 10.4. The van der Waals surface area contributed by atoms with Crippen molar-refractivity contribution in [3.8, 4) is 23.0 Å². The predicted octanol–water partition coefficient (Wildman–Crippen LogP) is 0.207. The molecule has 0 saturated heterocycles. The first-order valence-corrected chi connectivity index (χ1v) is 3.15. The van der Waals surface area contributed by atoms with E-state index in [1.807, 2.05) is 0 Å². The van der Waals surface area contributed by atoms with Crippen LogP contribution >= 0.6 is 0 Å². The standard InChI is InChI=1S/C7H6O6/c8-2-1-3(9)6(11)4(5(2)10)7(12)13/h1,8-11H,(H,12,13). The Morgan fingerprint density at radius 3 is 1.69 bits per heavy atom. The van der Waals surface area contributed by atoms with Crippen LogP contribution in [0.4, 0.5) is 0 Å². The zero-order valence-electron chi connectivity index (χ0n) is 6.22. The number of aromatic carboxylic acids is 1. The fraction of sp³-hybridized carbons (Fsp3) is 0. The van der Waals surface area contributed by atoms with Gasteiger partial charge in [-0.1, -0.05) is 0 Å². The van der Waals surface area contributed by atoms with Crippen molar-refractivity contribution < 1.29 is 30.3 Å². The minimum atomic E-state index is -1.65. The van der Waals surface area contributed by atoms with E-state index in [0.717, 1.165) is 0 Å². The highest BCUT2D eigenvalue weighted by molar-refractivity contribution is 5.96. The second kappa shape index (κ2) is 2.74. The number of hydrogen-bond donors (Lipinski definition) is 5. The zero-order chi connectivity index (χ0) is 10.2. The quantitative estimate of drug-likeness (QED) is 0.316. The highest BCUT2D eigenvalue weighted by Crippen LogP contribution is 2.41. The van der Waals surface area contributed by atoms with Crippen LogP contribution in [-0.4, -0.2) is 31.5 Å². The molecule has 6 nitrogen and oxygen atoms in total. The van der Waals surface area contributed by atoms with E-state index in [9.17, 15) is 4.79 Å². The molecule has 0 spiro atoms. The van der Waals surface area contributed by atoms with Crippen LogP contribution in [0.15, 0.2) is 6.07 Å². The summed E-state index contributed by atoms with van der Waals surface area (Å²) in [5.41, 5.74) is -0.933. The van der Waals surface area contributed by atoms with Crippen LogP contribution in [0.25, 0.3) is 0 Å². The summed E-state index contributed by atoms with van der Waals surface area (Å²) in [6.07, 6.45) is 0. The van der Waals surface area contributed by atoms with E-state index in [4.69, 9.17) is 25.5 Å². The Hall–Kier alpha value is -2.11. The summed E-state index contributed by atoms with van der Waals surface area (Å²) < 4.78 is 0. The minimum Gasteiger partial charge on any atom is -0.504 e. The maximum Gasteiger partial charge on any atom is 0.343 e. The molecular formula is C7H6O6. The average molecular weight is 186 g/mol. The van der Waals surface area contributed by atoms with Gasteiger partial charge < -0.3 is 25.5 Å². The molecule has 0 aliphatic heterocycles. The normalized spacial score (nSPS) is 9.85. The first-order chi connectivity index (χ1) is 5.95. The molecule has 0 atom stereocenters. The topological polar surface area (TPSA) is 118 Å². The molecular weight excluding hydrogens is 180 g/mol. The molecule has 1 rings (SSSR count). The first-order valence-electron chi connectivity index (χ1n) is 3.15. The molecule has 0 heterocycles. The molecule has 1 aromatic rings. The molecule has 0 aliphatic rings. The van der Waals surface area contributed by atoms with Crippen molar-refractivity contribution in [2.45, 2.75) is 0 Å². The Bertz CT molecular complexity index is 343. The molecule has 6 heteroatoms. The zero-order valence-corrected chi connectivity index (χ0v) is 6.22. The number of carboxylic acid groups (broad SMARTS) is 1. The van der Waals surface area contributed by atoms with Gasteiger partial charge in [0.05, 0.1) is 0 Å². The van der Waals surface area contributed by atoms with E-state index in [1.165, 1.54) is 0 Å². The van der Waals surface area contributed by atoms with E-state index < -0.39 is 34.5 Å². The number of rotatable bonds is 1. The fourth-order valence-electron chi connectivity index (χ4n) is 0.837. The predicted molar refractivity (Wildman–Crippen MR) is 40.1 cm³/mol. The molecule has 1 aromatic carbocycles. The Kier molecular flexibility index (Phi) is 1.89. The van der Waals surface area contributed by atoms with Gasteiger partial charge in [0.25, 0.3) is 0 Å². The number of phenols is 4. The van der Waals surface area contributed by atoms with Crippen LogP contribution < -0.4 is 0 Å². The average Bonchev–Trinajstić information content (AvgIpc) is 2.01. The second-order valence-electron chi connectivity index (χ2n) is 2.29. The highest BCUT2D eigenvalue weighted by atomic mass is 16.4. The van der Waals surface area contributed by atoms with Crippen LogP contribution in [0, 0.1) is 0 Å². The fourth-order valence-corrected chi connectivity index (χ4v) is 0.837. The van der Waals surface area contributed by atoms with Gasteiger partial charge in [-0.25, -0.2) is 4.79 Å². The van der Waals surface area contributed by atoms with Crippen LogP contribution in [0.1, 0.15) is 10.4 Å².